The Hall–Kier alpha value is -0.640. The van der Waals surface area contributed by atoms with Crippen molar-refractivity contribution in [3.05, 3.63) is 24.3 Å². The molecule has 0 bridgehead atoms. The van der Waals surface area contributed by atoms with E-state index in [1.165, 1.54) is 180 Å². The van der Waals surface area contributed by atoms with Crippen LogP contribution in [0.3, 0.4) is 0 Å². The highest BCUT2D eigenvalue weighted by molar-refractivity contribution is 4.82. The number of hydrogen-bond acceptors (Lipinski definition) is 2. The summed E-state index contributed by atoms with van der Waals surface area (Å²) in [6.07, 6.45) is 47.7. The predicted octanol–water partition coefficient (Wildman–Crippen LogP) is 13.2. The van der Waals surface area contributed by atoms with Crippen LogP contribution in [0.5, 0.6) is 0 Å². The van der Waals surface area contributed by atoms with Crippen LogP contribution in [-0.2, 0) is 9.47 Å². The van der Waals surface area contributed by atoms with Crippen LogP contribution in [0.2, 0.25) is 0 Å². The summed E-state index contributed by atoms with van der Waals surface area (Å²) in [6, 6.07) is 0. The molecule has 0 N–H and O–H groups in total. The van der Waals surface area contributed by atoms with Crippen LogP contribution < -0.4 is 0 Å². The Morgan fingerprint density at radius 3 is 0.911 bits per heavy atom. The highest BCUT2D eigenvalue weighted by atomic mass is 16.5. The molecule has 0 amide bonds. The molecule has 0 heterocycles. The van der Waals surface area contributed by atoms with Crippen LogP contribution in [0.1, 0.15) is 194 Å². The Morgan fingerprint density at radius 2 is 0.600 bits per heavy atom. The van der Waals surface area contributed by atoms with E-state index in [0.717, 1.165) is 44.0 Å². The predicted molar refractivity (Wildman–Crippen MR) is 202 cm³/mol. The molecule has 0 rings (SSSR count). The van der Waals surface area contributed by atoms with Gasteiger partial charge in [0.15, 0.2) is 0 Å². The van der Waals surface area contributed by atoms with Gasteiger partial charge in [-0.2, -0.15) is 0 Å². The average Bonchev–Trinajstić information content (AvgIpc) is 3.03. The summed E-state index contributed by atoms with van der Waals surface area (Å²) < 4.78 is 12.9. The number of ether oxygens (including phenoxy) is 2. The SMILES string of the molecule is CCCCCCCCC=CCCCCCCCCOCC[N+](C)(C)CCOCCCCCCCCC=CCCCCCCCC. The monoisotopic (exact) mass is 635 g/mol. The van der Waals surface area contributed by atoms with Gasteiger partial charge < -0.3 is 14.0 Å². The van der Waals surface area contributed by atoms with Gasteiger partial charge >= 0.3 is 0 Å². The number of rotatable bonds is 38. The summed E-state index contributed by atoms with van der Waals surface area (Å²) >= 11 is 0. The van der Waals surface area contributed by atoms with E-state index in [9.17, 15) is 0 Å². The molecule has 0 radical (unpaired) electrons. The van der Waals surface area contributed by atoms with Crippen LogP contribution in [-0.4, -0.2) is 58.1 Å². The Bertz CT molecular complexity index is 550. The Labute approximate surface area is 285 Å². The Morgan fingerprint density at radius 1 is 0.333 bits per heavy atom. The van der Waals surface area contributed by atoms with E-state index in [2.05, 4.69) is 52.2 Å². The molecule has 0 aliphatic heterocycles. The molecular weight excluding hydrogens is 550 g/mol. The van der Waals surface area contributed by atoms with Crippen molar-refractivity contribution in [3.8, 4) is 0 Å². The third kappa shape index (κ3) is 39.5. The van der Waals surface area contributed by atoms with E-state index in [1.807, 2.05) is 0 Å². The fourth-order valence-corrected chi connectivity index (χ4v) is 5.84. The van der Waals surface area contributed by atoms with E-state index < -0.39 is 0 Å². The van der Waals surface area contributed by atoms with E-state index in [-0.39, 0.29) is 0 Å². The number of quaternary nitrogens is 1. The third-order valence-corrected chi connectivity index (χ3v) is 9.28. The lowest BCUT2D eigenvalue weighted by molar-refractivity contribution is -0.891. The lowest BCUT2D eigenvalue weighted by Crippen LogP contribution is -2.44. The molecule has 0 spiro atoms. The molecule has 0 saturated carbocycles. The Kier molecular flexibility index (Phi) is 37.3. The first-order valence-electron chi connectivity index (χ1n) is 20.4. The van der Waals surface area contributed by atoms with Crippen LogP contribution in [0.25, 0.3) is 0 Å². The summed E-state index contributed by atoms with van der Waals surface area (Å²) in [5.74, 6) is 0. The second-order valence-electron chi connectivity index (χ2n) is 14.5. The number of allylic oxidation sites excluding steroid dienone is 4. The smallest absolute Gasteiger partial charge is 0.102 e. The first-order valence-corrected chi connectivity index (χ1v) is 20.4. The van der Waals surface area contributed by atoms with Gasteiger partial charge in [-0.25, -0.2) is 0 Å². The van der Waals surface area contributed by atoms with Crippen LogP contribution >= 0.6 is 0 Å². The maximum atomic E-state index is 5.96. The molecule has 0 saturated heterocycles. The summed E-state index contributed by atoms with van der Waals surface area (Å²) in [5.41, 5.74) is 0. The van der Waals surface area contributed by atoms with Gasteiger partial charge in [0.2, 0.25) is 0 Å². The van der Waals surface area contributed by atoms with Crippen molar-refractivity contribution in [3.63, 3.8) is 0 Å². The zero-order valence-corrected chi connectivity index (χ0v) is 31.6. The molecule has 0 atom stereocenters. The second kappa shape index (κ2) is 37.8. The summed E-state index contributed by atoms with van der Waals surface area (Å²) in [5, 5.41) is 0. The lowest BCUT2D eigenvalue weighted by Gasteiger charge is -2.29. The molecule has 0 unspecified atom stereocenters. The van der Waals surface area contributed by atoms with E-state index >= 15 is 0 Å². The van der Waals surface area contributed by atoms with E-state index in [0.29, 0.717) is 0 Å². The van der Waals surface area contributed by atoms with Crippen molar-refractivity contribution in [2.24, 2.45) is 0 Å². The average molecular weight is 635 g/mol. The van der Waals surface area contributed by atoms with Crippen LogP contribution in [0.4, 0.5) is 0 Å². The van der Waals surface area contributed by atoms with E-state index in [4.69, 9.17) is 9.47 Å². The molecule has 0 aromatic heterocycles. The molecule has 0 fully saturated rings. The van der Waals surface area contributed by atoms with Gasteiger partial charge in [-0.15, -0.1) is 0 Å². The summed E-state index contributed by atoms with van der Waals surface area (Å²) in [6.45, 7) is 10.3. The van der Waals surface area contributed by atoms with E-state index in [1.54, 1.807) is 0 Å². The lowest BCUT2D eigenvalue weighted by atomic mass is 10.1. The number of hydrogen-bond donors (Lipinski definition) is 0. The van der Waals surface area contributed by atoms with Gasteiger partial charge in [-0.1, -0.05) is 154 Å². The quantitative estimate of drug-likeness (QED) is 0.0382. The Balaban J connectivity index is 3.32. The number of nitrogens with zero attached hydrogens (tertiary/aromatic N) is 1. The molecule has 0 aliphatic carbocycles. The molecule has 0 aromatic carbocycles. The van der Waals surface area contributed by atoms with Crippen molar-refractivity contribution in [1.29, 1.82) is 0 Å². The molecular formula is C42H84NO2+. The molecule has 0 aromatic rings. The first-order chi connectivity index (χ1) is 22.1. The van der Waals surface area contributed by atoms with Crippen molar-refractivity contribution in [2.45, 2.75) is 194 Å². The zero-order chi connectivity index (χ0) is 32.8. The standard InChI is InChI=1S/C42H84NO2/c1-5-7-9-11-13-15-17-19-21-23-25-27-29-31-33-35-39-44-41-37-43(3,4)38-42-45-40-36-34-32-30-28-26-24-22-20-18-16-14-12-10-8-6-2/h19-22H,5-18,23-42H2,1-4H3/q+1. The van der Waals surface area contributed by atoms with Crippen LogP contribution in [0, 0.1) is 0 Å². The molecule has 3 heteroatoms. The second-order valence-corrected chi connectivity index (χ2v) is 14.5. The zero-order valence-electron chi connectivity index (χ0n) is 31.6. The fourth-order valence-electron chi connectivity index (χ4n) is 5.84. The highest BCUT2D eigenvalue weighted by Gasteiger charge is 2.14. The van der Waals surface area contributed by atoms with Gasteiger partial charge in [0.05, 0.1) is 27.3 Å². The highest BCUT2D eigenvalue weighted by Crippen LogP contribution is 2.12. The first kappa shape index (κ1) is 44.4. The topological polar surface area (TPSA) is 18.5 Å². The van der Waals surface area contributed by atoms with Crippen molar-refractivity contribution in [2.75, 3.05) is 53.6 Å². The summed E-state index contributed by atoms with van der Waals surface area (Å²) in [4.78, 5) is 0. The largest absolute Gasteiger partial charge is 0.376 e. The van der Waals surface area contributed by atoms with Gasteiger partial charge in [0.25, 0.3) is 0 Å². The van der Waals surface area contributed by atoms with Gasteiger partial charge in [0.1, 0.15) is 13.1 Å². The van der Waals surface area contributed by atoms with Crippen LogP contribution in [0.15, 0.2) is 24.3 Å². The summed E-state index contributed by atoms with van der Waals surface area (Å²) in [7, 11) is 4.61. The van der Waals surface area contributed by atoms with Crippen molar-refractivity contribution >= 4 is 0 Å². The van der Waals surface area contributed by atoms with Gasteiger partial charge in [-0.05, 0) is 64.2 Å². The molecule has 268 valence electrons. The van der Waals surface area contributed by atoms with Gasteiger partial charge in [-0.3, -0.25) is 0 Å². The van der Waals surface area contributed by atoms with Gasteiger partial charge in [0, 0.05) is 13.2 Å². The third-order valence-electron chi connectivity index (χ3n) is 9.28. The fraction of sp³-hybridized carbons (Fsp3) is 0.905. The molecule has 0 aliphatic rings. The minimum Gasteiger partial charge on any atom is -0.376 e. The minimum atomic E-state index is 0.868. The molecule has 3 nitrogen and oxygen atoms in total. The maximum absolute atomic E-state index is 5.96. The minimum absolute atomic E-state index is 0.868. The molecule has 45 heavy (non-hydrogen) atoms. The number of unbranched alkanes of at least 4 members (excludes halogenated alkanes) is 24. The normalized spacial score (nSPS) is 12.4. The van der Waals surface area contributed by atoms with Crippen molar-refractivity contribution < 1.29 is 14.0 Å². The maximum Gasteiger partial charge on any atom is 0.102 e. The van der Waals surface area contributed by atoms with Crippen molar-refractivity contribution in [1.82, 2.24) is 0 Å². The number of likely N-dealkylation sites (N-methyl/N-ethyl adjacent to an activating group) is 1.